The molecule has 0 spiro atoms. The van der Waals surface area contributed by atoms with E-state index in [1.807, 2.05) is 13.8 Å². The smallest absolute Gasteiger partial charge is 0.283 e. The van der Waals surface area contributed by atoms with Gasteiger partial charge in [-0.1, -0.05) is 25.6 Å². The summed E-state index contributed by atoms with van der Waals surface area (Å²) in [6.07, 6.45) is 0. The molecule has 28 heavy (non-hydrogen) atoms. The predicted octanol–water partition coefficient (Wildman–Crippen LogP) is 5.60. The van der Waals surface area contributed by atoms with Crippen LogP contribution in [0, 0.1) is 12.7 Å². The summed E-state index contributed by atoms with van der Waals surface area (Å²) in [7, 11) is 1.56. The molecule has 0 saturated heterocycles. The number of methoxy groups -OCH3 is 1. The Balaban J connectivity index is 0. The number of nitrogens with one attached hydrogen (secondary N) is 2. The average Bonchev–Trinajstić information content (AvgIpc) is 2.72. The fourth-order valence-electron chi connectivity index (χ4n) is 1.69. The molecule has 2 aromatic carbocycles. The minimum absolute atomic E-state index is 0. The maximum Gasteiger partial charge on any atom is 0.283 e. The maximum atomic E-state index is 12.8. The molecule has 0 radical (unpaired) electrons. The monoisotopic (exact) mass is 577 g/mol. The Kier molecular flexibility index (Phi) is 17.5. The van der Waals surface area contributed by atoms with E-state index in [-0.39, 0.29) is 43.8 Å². The van der Waals surface area contributed by atoms with Gasteiger partial charge in [-0.25, -0.2) is 4.39 Å². The Morgan fingerprint density at radius 1 is 0.964 bits per heavy atom. The van der Waals surface area contributed by atoms with Crippen LogP contribution in [0.3, 0.4) is 0 Å². The van der Waals surface area contributed by atoms with Crippen molar-refractivity contribution in [2.75, 3.05) is 23.5 Å². The van der Waals surface area contributed by atoms with Gasteiger partial charge in [-0.05, 0) is 48.5 Å². The van der Waals surface area contributed by atoms with Crippen LogP contribution in [0.25, 0.3) is 0 Å². The Morgan fingerprint density at radius 2 is 1.43 bits per heavy atom. The first kappa shape index (κ1) is 28.4. The molecular weight excluding hydrogens is 551 g/mol. The number of amides is 2. The number of hydrogen-bond donors (Lipinski definition) is 2. The number of ether oxygens (including phenoxy) is 1. The van der Waals surface area contributed by atoms with Crippen LogP contribution in [0.4, 0.5) is 20.6 Å². The van der Waals surface area contributed by atoms with Gasteiger partial charge in [0, 0.05) is 32.4 Å². The van der Waals surface area contributed by atoms with Crippen molar-refractivity contribution in [3.8, 4) is 5.75 Å². The van der Waals surface area contributed by atoms with Crippen LogP contribution in [-0.2, 0) is 25.9 Å². The van der Waals surface area contributed by atoms with E-state index in [9.17, 15) is 14.0 Å². The summed E-state index contributed by atoms with van der Waals surface area (Å²) in [6, 6.07) is 12.3. The minimum Gasteiger partial charge on any atom is -0.497 e. The molecule has 2 aromatic rings. The molecule has 5 nitrogen and oxygen atoms in total. The summed E-state index contributed by atoms with van der Waals surface area (Å²) in [5, 5.41) is 4.85. The standard InChI is InChI=1S/C16H15FN2O3S.C2H6.C2H5.W/c1-22-14-8-6-12(7-9-14)18-15(20)10-23-16(21)19-13-4-2-11(17)3-5-13;2*1-2;/h2-9H,10H2,1H3,(H,18,20)(H,19,21);1-2H3;1H2,2H3;/q;;-1;. The number of carbonyl (C=O) groups is 2. The molecule has 2 N–H and O–H groups in total. The molecule has 0 bridgehead atoms. The second-order valence-electron chi connectivity index (χ2n) is 4.48. The molecule has 0 aliphatic heterocycles. The fourth-order valence-corrected chi connectivity index (χ4v) is 2.21. The van der Waals surface area contributed by atoms with Crippen molar-refractivity contribution >= 4 is 34.3 Å². The van der Waals surface area contributed by atoms with E-state index in [1.54, 1.807) is 38.3 Å². The van der Waals surface area contributed by atoms with E-state index in [4.69, 9.17) is 4.74 Å². The van der Waals surface area contributed by atoms with Gasteiger partial charge >= 0.3 is 0 Å². The summed E-state index contributed by atoms with van der Waals surface area (Å²) in [5.41, 5.74) is 1.09. The summed E-state index contributed by atoms with van der Waals surface area (Å²) >= 11 is 0.830. The third kappa shape index (κ3) is 11.8. The first-order chi connectivity index (χ1) is 13.1. The van der Waals surface area contributed by atoms with Crippen molar-refractivity contribution in [2.24, 2.45) is 0 Å². The molecule has 0 aliphatic rings. The van der Waals surface area contributed by atoms with Crippen LogP contribution >= 0.6 is 11.8 Å². The van der Waals surface area contributed by atoms with Gasteiger partial charge in [0.15, 0.2) is 0 Å². The van der Waals surface area contributed by atoms with Gasteiger partial charge in [-0.2, -0.15) is 6.92 Å². The van der Waals surface area contributed by atoms with Gasteiger partial charge < -0.3 is 22.3 Å². The van der Waals surface area contributed by atoms with Crippen molar-refractivity contribution < 1.29 is 39.8 Å². The molecule has 0 fully saturated rings. The van der Waals surface area contributed by atoms with Crippen LogP contribution < -0.4 is 15.4 Å². The van der Waals surface area contributed by atoms with Crippen molar-refractivity contribution in [2.45, 2.75) is 20.8 Å². The topological polar surface area (TPSA) is 67.4 Å². The van der Waals surface area contributed by atoms with E-state index in [2.05, 4.69) is 17.6 Å². The van der Waals surface area contributed by atoms with Crippen molar-refractivity contribution in [3.05, 3.63) is 61.3 Å². The average molecular weight is 577 g/mol. The summed E-state index contributed by atoms with van der Waals surface area (Å²) in [6.45, 7) is 9.00. The fraction of sp³-hybridized carbons (Fsp3) is 0.250. The zero-order valence-electron chi connectivity index (χ0n) is 16.5. The van der Waals surface area contributed by atoms with Crippen molar-refractivity contribution in [1.82, 2.24) is 0 Å². The molecular formula is C20H26FN2O3SW-. The Hall–Kier alpha value is -1.85. The van der Waals surface area contributed by atoms with Crippen molar-refractivity contribution in [1.29, 1.82) is 0 Å². The molecule has 0 aromatic heterocycles. The molecule has 0 saturated carbocycles. The summed E-state index contributed by atoms with van der Waals surface area (Å²) in [5.74, 6) is -0.0148. The van der Waals surface area contributed by atoms with Crippen LogP contribution in [0.2, 0.25) is 0 Å². The second kappa shape index (κ2) is 17.3. The predicted molar refractivity (Wildman–Crippen MR) is 112 cm³/mol. The Bertz CT molecular complexity index is 683. The molecule has 154 valence electrons. The van der Waals surface area contributed by atoms with E-state index >= 15 is 0 Å². The Morgan fingerprint density at radius 3 is 1.93 bits per heavy atom. The zero-order chi connectivity index (χ0) is 20.7. The minimum atomic E-state index is -0.388. The third-order valence-corrected chi connectivity index (χ3v) is 3.57. The second-order valence-corrected chi connectivity index (χ2v) is 5.43. The number of carbonyl (C=O) groups excluding carboxylic acids is 2. The van der Waals surface area contributed by atoms with Crippen LogP contribution in [0.15, 0.2) is 48.5 Å². The van der Waals surface area contributed by atoms with Gasteiger partial charge in [0.25, 0.3) is 5.24 Å². The first-order valence-corrected chi connectivity index (χ1v) is 9.39. The molecule has 2 amide bonds. The maximum absolute atomic E-state index is 12.8. The quantitative estimate of drug-likeness (QED) is 0.455. The third-order valence-electron chi connectivity index (χ3n) is 2.80. The summed E-state index contributed by atoms with van der Waals surface area (Å²) < 4.78 is 17.8. The molecule has 0 aliphatic carbocycles. The first-order valence-electron chi connectivity index (χ1n) is 8.41. The van der Waals surface area contributed by atoms with E-state index in [0.29, 0.717) is 17.1 Å². The normalized spacial score (nSPS) is 8.64. The van der Waals surface area contributed by atoms with Crippen LogP contribution in [0.1, 0.15) is 20.8 Å². The Labute approximate surface area is 185 Å². The molecule has 0 heterocycles. The number of thioether (sulfide) groups is 1. The number of hydrogen-bond acceptors (Lipinski definition) is 4. The zero-order valence-corrected chi connectivity index (χ0v) is 20.2. The van der Waals surface area contributed by atoms with Gasteiger partial charge in [-0.15, -0.1) is 0 Å². The molecule has 0 unspecified atom stereocenters. The SMILES string of the molecule is CC.COc1ccc(NC(=O)CSC(=O)Nc2ccc(F)cc2)cc1.[CH2-]C.[W]. The van der Waals surface area contributed by atoms with Crippen LogP contribution in [-0.4, -0.2) is 24.0 Å². The number of halogens is 1. The molecule has 2 rings (SSSR count). The van der Waals surface area contributed by atoms with Crippen molar-refractivity contribution in [3.63, 3.8) is 0 Å². The van der Waals surface area contributed by atoms with E-state index < -0.39 is 0 Å². The molecule has 0 atom stereocenters. The molecule has 8 heteroatoms. The van der Waals surface area contributed by atoms with E-state index in [1.165, 1.54) is 24.3 Å². The van der Waals surface area contributed by atoms with Gasteiger partial charge in [0.05, 0.1) is 12.9 Å². The number of anilines is 2. The number of benzene rings is 2. The summed E-state index contributed by atoms with van der Waals surface area (Å²) in [4.78, 5) is 23.5. The van der Waals surface area contributed by atoms with Gasteiger partial charge in [0.2, 0.25) is 5.91 Å². The van der Waals surface area contributed by atoms with Gasteiger partial charge in [-0.3, -0.25) is 9.59 Å². The van der Waals surface area contributed by atoms with Crippen LogP contribution in [0.5, 0.6) is 5.75 Å². The van der Waals surface area contributed by atoms with E-state index in [0.717, 1.165) is 11.8 Å². The number of rotatable bonds is 5. The largest absolute Gasteiger partial charge is 0.497 e. The van der Waals surface area contributed by atoms with Gasteiger partial charge in [0.1, 0.15) is 11.6 Å².